The second-order valence-electron chi connectivity index (χ2n) is 6.18. The summed E-state index contributed by atoms with van der Waals surface area (Å²) in [6.45, 7) is 6.65. The predicted molar refractivity (Wildman–Crippen MR) is 103 cm³/mol. The number of nitrogens with one attached hydrogen (secondary N) is 2. The molecule has 0 aromatic heterocycles. The highest BCUT2D eigenvalue weighted by atomic mass is 79.9. The third-order valence-electron chi connectivity index (χ3n) is 4.49. The lowest BCUT2D eigenvalue weighted by molar-refractivity contribution is -0.690. The van der Waals surface area contributed by atoms with Crippen LogP contribution in [0, 0.1) is 0 Å². The molecule has 0 saturated carbocycles. The van der Waals surface area contributed by atoms with Crippen LogP contribution in [-0.4, -0.2) is 31.2 Å². The number of rotatable bonds is 8. The first kappa shape index (κ1) is 20.5. The number of hydrogen-bond donors (Lipinski definition) is 3. The molecule has 0 spiro atoms. The van der Waals surface area contributed by atoms with E-state index in [0.717, 1.165) is 10.9 Å². The van der Waals surface area contributed by atoms with Crippen molar-refractivity contribution in [2.75, 3.05) is 13.2 Å². The minimum absolute atomic E-state index is 0.242. The first-order valence-corrected chi connectivity index (χ1v) is 9.85. The second-order valence-corrected chi connectivity index (χ2v) is 7.09. The Labute approximate surface area is 162 Å². The van der Waals surface area contributed by atoms with Gasteiger partial charge in [-0.05, 0) is 25.5 Å². The second kappa shape index (κ2) is 9.73. The number of carbonyl (C=O) groups is 2. The quantitative estimate of drug-likeness (QED) is 0.560. The molecule has 0 unspecified atom stereocenters. The van der Waals surface area contributed by atoms with E-state index < -0.39 is 0 Å². The first-order valence-electron chi connectivity index (χ1n) is 9.06. The highest BCUT2D eigenvalue weighted by Gasteiger charge is 2.32. The van der Waals surface area contributed by atoms with Crippen LogP contribution in [0.5, 0.6) is 0 Å². The molecule has 2 atom stereocenters. The van der Waals surface area contributed by atoms with Gasteiger partial charge in [0.1, 0.15) is 12.6 Å². The summed E-state index contributed by atoms with van der Waals surface area (Å²) in [4.78, 5) is 24.4. The third kappa shape index (κ3) is 5.08. The fourth-order valence-electron chi connectivity index (χ4n) is 3.13. The summed E-state index contributed by atoms with van der Waals surface area (Å²) in [5.41, 5.74) is 2.37. The van der Waals surface area contributed by atoms with Gasteiger partial charge in [0.2, 0.25) is 0 Å². The summed E-state index contributed by atoms with van der Waals surface area (Å²) >= 11 is 3.45. The molecule has 0 radical (unpaired) electrons. The molecule has 0 aliphatic carbocycles. The van der Waals surface area contributed by atoms with Gasteiger partial charge < -0.3 is 20.7 Å². The van der Waals surface area contributed by atoms with Crippen LogP contribution < -0.4 is 16.0 Å². The fourth-order valence-corrected chi connectivity index (χ4v) is 3.40. The van der Waals surface area contributed by atoms with Crippen LogP contribution in [0.1, 0.15) is 45.2 Å². The number of esters is 1. The van der Waals surface area contributed by atoms with E-state index in [0.29, 0.717) is 30.8 Å². The van der Waals surface area contributed by atoms with Crippen molar-refractivity contribution in [3.8, 4) is 0 Å². The van der Waals surface area contributed by atoms with Crippen LogP contribution in [0.25, 0.3) is 0 Å². The Kier molecular flexibility index (Phi) is 7.66. The number of hydrogen-bond acceptors (Lipinski definition) is 3. The van der Waals surface area contributed by atoms with Gasteiger partial charge >= 0.3 is 12.0 Å². The molecule has 1 aliphatic rings. The fraction of sp³-hybridized carbons (Fsp3) is 0.474. The van der Waals surface area contributed by atoms with Crippen molar-refractivity contribution in [3.63, 3.8) is 0 Å². The van der Waals surface area contributed by atoms with Crippen LogP contribution in [0.2, 0.25) is 0 Å². The van der Waals surface area contributed by atoms with Gasteiger partial charge in [0, 0.05) is 16.5 Å². The van der Waals surface area contributed by atoms with Crippen molar-refractivity contribution < 1.29 is 19.6 Å². The van der Waals surface area contributed by atoms with Gasteiger partial charge in [0.25, 0.3) is 0 Å². The zero-order valence-corrected chi connectivity index (χ0v) is 17.1. The van der Waals surface area contributed by atoms with Gasteiger partial charge in [-0.2, -0.15) is 0 Å². The number of halogens is 1. The number of ether oxygens (including phenoxy) is 1. The molecule has 26 heavy (non-hydrogen) atoms. The highest BCUT2D eigenvalue weighted by Crippen LogP contribution is 2.18. The van der Waals surface area contributed by atoms with E-state index in [9.17, 15) is 9.59 Å². The summed E-state index contributed by atoms with van der Waals surface area (Å²) in [6, 6.07) is 7.87. The van der Waals surface area contributed by atoms with Gasteiger partial charge in [-0.1, -0.05) is 41.9 Å². The maximum absolute atomic E-state index is 12.4. The number of benzene rings is 1. The van der Waals surface area contributed by atoms with Crippen LogP contribution >= 0.6 is 15.9 Å². The topological polar surface area (TPSA) is 84.0 Å². The zero-order chi connectivity index (χ0) is 19.1. The van der Waals surface area contributed by atoms with E-state index in [2.05, 4.69) is 50.9 Å². The minimum Gasteiger partial charge on any atom is -0.463 e. The Balaban J connectivity index is 2.22. The molecule has 2 rings (SSSR count). The summed E-state index contributed by atoms with van der Waals surface area (Å²) in [6.07, 6.45) is 1.57. The van der Waals surface area contributed by atoms with Gasteiger partial charge in [-0.15, -0.1) is 0 Å². The van der Waals surface area contributed by atoms with E-state index in [4.69, 9.17) is 4.74 Å². The van der Waals surface area contributed by atoms with Crippen molar-refractivity contribution in [3.05, 3.63) is 45.6 Å². The van der Waals surface area contributed by atoms with Crippen molar-refractivity contribution in [2.45, 2.75) is 45.7 Å². The van der Waals surface area contributed by atoms with Crippen LogP contribution in [0.15, 0.2) is 40.0 Å². The number of nitrogens with two attached hydrogens (primary N) is 1. The zero-order valence-electron chi connectivity index (χ0n) is 15.5. The Morgan fingerprint density at radius 1 is 1.27 bits per heavy atom. The molecule has 1 aliphatic heterocycles. The smallest absolute Gasteiger partial charge is 0.338 e. The number of quaternary nitrogens is 1. The van der Waals surface area contributed by atoms with E-state index in [1.165, 1.54) is 5.56 Å². The van der Waals surface area contributed by atoms with E-state index in [1.807, 2.05) is 19.1 Å². The van der Waals surface area contributed by atoms with E-state index >= 15 is 0 Å². The standard InChI is InChI=1S/C19H26BrN3O3/c1-4-14(12-7-9-13(20)10-8-12)21-11-16-17(18(24)26-6-3)15(5-2)22-19(25)23-16/h7-10,14-15,21H,4-6,11H2,1-3H3,(H2,22,23,25)/p+1/t14-,15-/m1/s1. The average molecular weight is 425 g/mol. The lowest BCUT2D eigenvalue weighted by Crippen LogP contribution is -2.86. The molecule has 0 saturated heterocycles. The molecular weight excluding hydrogens is 398 g/mol. The number of carbonyl (C=O) groups excluding carboxylic acids is 2. The molecule has 1 heterocycles. The summed E-state index contributed by atoms with van der Waals surface area (Å²) in [7, 11) is 0. The number of amides is 2. The van der Waals surface area contributed by atoms with E-state index in [-0.39, 0.29) is 24.1 Å². The Hall–Kier alpha value is -1.86. The van der Waals surface area contributed by atoms with E-state index in [1.54, 1.807) is 6.92 Å². The maximum Gasteiger partial charge on any atom is 0.338 e. The Bertz CT molecular complexity index is 673. The van der Waals surface area contributed by atoms with Crippen molar-refractivity contribution in [2.24, 2.45) is 0 Å². The van der Waals surface area contributed by atoms with Gasteiger partial charge in [-0.25, -0.2) is 9.59 Å². The lowest BCUT2D eigenvalue weighted by atomic mass is 9.99. The summed E-state index contributed by atoms with van der Waals surface area (Å²) in [5, 5.41) is 7.75. The molecule has 0 fully saturated rings. The Morgan fingerprint density at radius 3 is 2.54 bits per heavy atom. The monoisotopic (exact) mass is 424 g/mol. The molecule has 4 N–H and O–H groups in total. The van der Waals surface area contributed by atoms with Crippen molar-refractivity contribution >= 4 is 27.9 Å². The largest absolute Gasteiger partial charge is 0.463 e. The highest BCUT2D eigenvalue weighted by molar-refractivity contribution is 9.10. The van der Waals surface area contributed by atoms with Crippen LogP contribution in [0.3, 0.4) is 0 Å². The van der Waals surface area contributed by atoms with Gasteiger partial charge in [-0.3, -0.25) is 0 Å². The maximum atomic E-state index is 12.4. The van der Waals surface area contributed by atoms with Gasteiger partial charge in [0.05, 0.1) is 23.9 Å². The molecule has 0 bridgehead atoms. The third-order valence-corrected chi connectivity index (χ3v) is 5.02. The normalized spacial score (nSPS) is 18.2. The average Bonchev–Trinajstić information content (AvgIpc) is 2.63. The molecule has 1 aromatic rings. The molecule has 7 heteroatoms. The first-order chi connectivity index (χ1) is 12.5. The summed E-state index contributed by atoms with van der Waals surface area (Å²) < 4.78 is 6.24. The molecule has 142 valence electrons. The lowest BCUT2D eigenvalue weighted by Gasteiger charge is -2.28. The van der Waals surface area contributed by atoms with Gasteiger partial charge in [0.15, 0.2) is 0 Å². The molecule has 2 amide bonds. The molecule has 6 nitrogen and oxygen atoms in total. The molecule has 1 aromatic carbocycles. The van der Waals surface area contributed by atoms with Crippen molar-refractivity contribution in [1.29, 1.82) is 0 Å². The van der Waals surface area contributed by atoms with Crippen molar-refractivity contribution in [1.82, 2.24) is 10.6 Å². The Morgan fingerprint density at radius 2 is 1.96 bits per heavy atom. The minimum atomic E-state index is -0.369. The van der Waals surface area contributed by atoms with Crippen LogP contribution in [0.4, 0.5) is 4.79 Å². The SMILES string of the molecule is CCOC(=O)C1=C(C[NH2+][C@H](CC)c2ccc(Br)cc2)NC(=O)N[C@@H]1CC. The predicted octanol–water partition coefficient (Wildman–Crippen LogP) is 2.37. The van der Waals surface area contributed by atoms with Crippen LogP contribution in [-0.2, 0) is 9.53 Å². The summed E-state index contributed by atoms with van der Waals surface area (Å²) in [5.74, 6) is -0.369. The molecular formula is C19H27BrN3O3+. The number of urea groups is 1.